The Labute approximate surface area is 124 Å². The zero-order valence-corrected chi connectivity index (χ0v) is 12.6. The van der Waals surface area contributed by atoms with E-state index in [-0.39, 0.29) is 0 Å². The van der Waals surface area contributed by atoms with Crippen molar-refractivity contribution in [2.75, 3.05) is 18.6 Å². The fraction of sp³-hybridized carbons (Fsp3) is 0.438. The minimum atomic E-state index is 0.645. The van der Waals surface area contributed by atoms with Gasteiger partial charge in [-0.1, -0.05) is 18.2 Å². The van der Waals surface area contributed by atoms with Crippen LogP contribution in [0.1, 0.15) is 18.5 Å². The van der Waals surface area contributed by atoms with Crippen LogP contribution in [0.15, 0.2) is 30.3 Å². The lowest BCUT2D eigenvalue weighted by molar-refractivity contribution is 0.418. The number of ether oxygens (including phenoxy) is 1. The topological polar surface area (TPSA) is 34.1 Å². The maximum atomic E-state index is 5.39. The van der Waals surface area contributed by atoms with Crippen LogP contribution in [0, 0.1) is 0 Å². The van der Waals surface area contributed by atoms with Gasteiger partial charge in [0.1, 0.15) is 11.3 Å². The Hall–Kier alpha value is -1.26. The molecule has 1 aliphatic heterocycles. The third-order valence-electron chi connectivity index (χ3n) is 3.75. The fourth-order valence-corrected chi connectivity index (χ4v) is 3.68. The highest BCUT2D eigenvalue weighted by molar-refractivity contribution is 7.99. The molecule has 1 aliphatic rings. The average Bonchev–Trinajstić information content (AvgIpc) is 2.53. The SMILES string of the molecule is COc1cccc2ccc(CNC3CCSCC3)nc12. The smallest absolute Gasteiger partial charge is 0.145 e. The first-order chi connectivity index (χ1) is 9.86. The lowest BCUT2D eigenvalue weighted by Crippen LogP contribution is -2.32. The quantitative estimate of drug-likeness (QED) is 0.936. The summed E-state index contributed by atoms with van der Waals surface area (Å²) in [5.74, 6) is 3.39. The zero-order chi connectivity index (χ0) is 13.8. The second-order valence-corrected chi connectivity index (χ2v) is 6.33. The highest BCUT2D eigenvalue weighted by Gasteiger charge is 2.13. The van der Waals surface area contributed by atoms with Gasteiger partial charge in [0, 0.05) is 18.0 Å². The van der Waals surface area contributed by atoms with Gasteiger partial charge in [-0.2, -0.15) is 11.8 Å². The third kappa shape index (κ3) is 3.07. The van der Waals surface area contributed by atoms with Crippen LogP contribution >= 0.6 is 11.8 Å². The molecule has 0 aliphatic carbocycles. The molecule has 20 heavy (non-hydrogen) atoms. The van der Waals surface area contributed by atoms with Crippen LogP contribution < -0.4 is 10.1 Å². The van der Waals surface area contributed by atoms with Crippen molar-refractivity contribution >= 4 is 22.7 Å². The van der Waals surface area contributed by atoms with Gasteiger partial charge in [0.15, 0.2) is 0 Å². The predicted molar refractivity (Wildman–Crippen MR) is 85.5 cm³/mol. The lowest BCUT2D eigenvalue weighted by Gasteiger charge is -2.22. The largest absolute Gasteiger partial charge is 0.494 e. The van der Waals surface area contributed by atoms with Crippen molar-refractivity contribution in [2.45, 2.75) is 25.4 Å². The number of nitrogens with zero attached hydrogens (tertiary/aromatic N) is 1. The van der Waals surface area contributed by atoms with Crippen molar-refractivity contribution < 1.29 is 4.74 Å². The molecule has 3 rings (SSSR count). The maximum absolute atomic E-state index is 5.39. The molecule has 1 N–H and O–H groups in total. The van der Waals surface area contributed by atoms with Crippen LogP contribution in [0.2, 0.25) is 0 Å². The summed E-state index contributed by atoms with van der Waals surface area (Å²) in [4.78, 5) is 4.74. The molecule has 0 spiro atoms. The minimum absolute atomic E-state index is 0.645. The van der Waals surface area contributed by atoms with E-state index >= 15 is 0 Å². The molecule has 0 radical (unpaired) electrons. The Balaban J connectivity index is 1.74. The molecule has 1 aromatic carbocycles. The first-order valence-electron chi connectivity index (χ1n) is 7.10. The minimum Gasteiger partial charge on any atom is -0.494 e. The molecular formula is C16H20N2OS. The number of aromatic nitrogens is 1. The molecule has 1 fully saturated rings. The normalized spacial score (nSPS) is 16.4. The summed E-state index contributed by atoms with van der Waals surface area (Å²) < 4.78 is 5.39. The number of fused-ring (bicyclic) bond motifs is 1. The van der Waals surface area contributed by atoms with Gasteiger partial charge in [0.25, 0.3) is 0 Å². The number of rotatable bonds is 4. The Kier molecular flexibility index (Phi) is 4.43. The van der Waals surface area contributed by atoms with Crippen LogP contribution in [0.3, 0.4) is 0 Å². The van der Waals surface area contributed by atoms with Gasteiger partial charge < -0.3 is 10.1 Å². The van der Waals surface area contributed by atoms with Crippen molar-refractivity contribution in [2.24, 2.45) is 0 Å². The summed E-state index contributed by atoms with van der Waals surface area (Å²) in [6.45, 7) is 0.837. The summed E-state index contributed by atoms with van der Waals surface area (Å²) in [6, 6.07) is 10.9. The van der Waals surface area contributed by atoms with E-state index in [0.717, 1.165) is 28.9 Å². The van der Waals surface area contributed by atoms with Crippen molar-refractivity contribution in [3.8, 4) is 5.75 Å². The highest BCUT2D eigenvalue weighted by atomic mass is 32.2. The second-order valence-electron chi connectivity index (χ2n) is 5.10. The molecule has 2 aromatic rings. The van der Waals surface area contributed by atoms with Gasteiger partial charge in [-0.3, -0.25) is 0 Å². The van der Waals surface area contributed by atoms with E-state index < -0.39 is 0 Å². The number of hydrogen-bond acceptors (Lipinski definition) is 4. The predicted octanol–water partition coefficient (Wildman–Crippen LogP) is 3.23. The van der Waals surface area contributed by atoms with Gasteiger partial charge in [-0.05, 0) is 36.5 Å². The van der Waals surface area contributed by atoms with Crippen molar-refractivity contribution in [1.29, 1.82) is 0 Å². The number of benzene rings is 1. The molecule has 0 amide bonds. The molecule has 0 saturated carbocycles. The second kappa shape index (κ2) is 6.46. The molecule has 2 heterocycles. The number of para-hydroxylation sites is 1. The standard InChI is InChI=1S/C16H20N2OS/c1-19-15-4-2-3-12-5-6-14(18-16(12)15)11-17-13-7-9-20-10-8-13/h2-6,13,17H,7-11H2,1H3. The van der Waals surface area contributed by atoms with Gasteiger partial charge in [-0.15, -0.1) is 0 Å². The van der Waals surface area contributed by atoms with E-state index in [2.05, 4.69) is 35.3 Å². The molecular weight excluding hydrogens is 268 g/mol. The third-order valence-corrected chi connectivity index (χ3v) is 4.80. The number of thioether (sulfide) groups is 1. The van der Waals surface area contributed by atoms with Crippen molar-refractivity contribution in [1.82, 2.24) is 10.3 Å². The Morgan fingerprint density at radius 2 is 2.10 bits per heavy atom. The number of hydrogen-bond donors (Lipinski definition) is 1. The Bertz CT molecular complexity index is 582. The van der Waals surface area contributed by atoms with E-state index in [4.69, 9.17) is 9.72 Å². The summed E-state index contributed by atoms with van der Waals surface area (Å²) in [7, 11) is 1.70. The van der Waals surface area contributed by atoms with Gasteiger partial charge in [0.2, 0.25) is 0 Å². The molecule has 1 aromatic heterocycles. The van der Waals surface area contributed by atoms with E-state index in [1.165, 1.54) is 24.3 Å². The average molecular weight is 288 g/mol. The molecule has 4 heteroatoms. The van der Waals surface area contributed by atoms with Gasteiger partial charge >= 0.3 is 0 Å². The van der Waals surface area contributed by atoms with Crippen LogP contribution in [-0.2, 0) is 6.54 Å². The van der Waals surface area contributed by atoms with Gasteiger partial charge in [-0.25, -0.2) is 4.98 Å². The van der Waals surface area contributed by atoms with Crippen LogP contribution in [0.25, 0.3) is 10.9 Å². The summed E-state index contributed by atoms with van der Waals surface area (Å²) in [6.07, 6.45) is 2.53. The number of pyridine rings is 1. The molecule has 3 nitrogen and oxygen atoms in total. The fourth-order valence-electron chi connectivity index (χ4n) is 2.57. The van der Waals surface area contributed by atoms with Crippen LogP contribution in [0.4, 0.5) is 0 Å². The molecule has 0 unspecified atom stereocenters. The van der Waals surface area contributed by atoms with Crippen molar-refractivity contribution in [3.63, 3.8) is 0 Å². The summed E-state index contributed by atoms with van der Waals surface area (Å²) in [5.41, 5.74) is 2.04. The number of nitrogens with one attached hydrogen (secondary N) is 1. The monoisotopic (exact) mass is 288 g/mol. The maximum Gasteiger partial charge on any atom is 0.145 e. The van der Waals surface area contributed by atoms with E-state index in [1.807, 2.05) is 12.1 Å². The first-order valence-corrected chi connectivity index (χ1v) is 8.26. The molecule has 0 bridgehead atoms. The van der Waals surface area contributed by atoms with Crippen LogP contribution in [0.5, 0.6) is 5.75 Å². The van der Waals surface area contributed by atoms with Crippen molar-refractivity contribution in [3.05, 3.63) is 36.0 Å². The lowest BCUT2D eigenvalue weighted by atomic mass is 10.1. The Morgan fingerprint density at radius 1 is 1.25 bits per heavy atom. The molecule has 1 saturated heterocycles. The zero-order valence-electron chi connectivity index (χ0n) is 11.8. The van der Waals surface area contributed by atoms with Gasteiger partial charge in [0.05, 0.1) is 12.8 Å². The van der Waals surface area contributed by atoms with E-state index in [1.54, 1.807) is 7.11 Å². The highest BCUT2D eigenvalue weighted by Crippen LogP contribution is 2.23. The van der Waals surface area contributed by atoms with Crippen LogP contribution in [-0.4, -0.2) is 29.6 Å². The summed E-state index contributed by atoms with van der Waals surface area (Å²) >= 11 is 2.05. The first kappa shape index (κ1) is 13.7. The number of methoxy groups -OCH3 is 1. The Morgan fingerprint density at radius 3 is 2.90 bits per heavy atom. The molecule has 0 atom stereocenters. The van der Waals surface area contributed by atoms with E-state index in [0.29, 0.717) is 6.04 Å². The van der Waals surface area contributed by atoms with E-state index in [9.17, 15) is 0 Å². The summed E-state index contributed by atoms with van der Waals surface area (Å²) in [5, 5.41) is 4.75. The molecule has 106 valence electrons.